The predicted octanol–water partition coefficient (Wildman–Crippen LogP) is 3.82. The van der Waals surface area contributed by atoms with Crippen LogP contribution in [0.5, 0.6) is 5.75 Å². The van der Waals surface area contributed by atoms with Crippen LogP contribution in [-0.2, 0) is 6.61 Å². The van der Waals surface area contributed by atoms with Crippen molar-refractivity contribution >= 4 is 11.6 Å². The molecule has 0 aliphatic rings. The highest BCUT2D eigenvalue weighted by molar-refractivity contribution is 6.30. The van der Waals surface area contributed by atoms with Crippen LogP contribution < -0.4 is 4.74 Å². The minimum absolute atomic E-state index is 0.425. The molecule has 78 valence electrons. The average molecular weight is 223 g/mol. The molecule has 0 unspecified atom stereocenters. The van der Waals surface area contributed by atoms with E-state index in [4.69, 9.17) is 20.8 Å². The molecule has 0 spiro atoms. The summed E-state index contributed by atoms with van der Waals surface area (Å²) in [4.78, 5) is 0. The summed E-state index contributed by atoms with van der Waals surface area (Å²) < 4.78 is 10.8. The lowest BCUT2D eigenvalue weighted by Gasteiger charge is -2.07. The number of aryl methyl sites for hydroxylation is 1. The third kappa shape index (κ3) is 2.54. The Morgan fingerprint density at radius 1 is 1.33 bits per heavy atom. The summed E-state index contributed by atoms with van der Waals surface area (Å²) in [6.07, 6.45) is 1.63. The van der Waals surface area contributed by atoms with Gasteiger partial charge in [0.1, 0.15) is 18.1 Å². The van der Waals surface area contributed by atoms with Crippen molar-refractivity contribution in [2.45, 2.75) is 13.5 Å². The predicted molar refractivity (Wildman–Crippen MR) is 59.2 cm³/mol. The van der Waals surface area contributed by atoms with E-state index in [9.17, 15) is 0 Å². The van der Waals surface area contributed by atoms with E-state index in [1.807, 2.05) is 31.2 Å². The first-order valence-corrected chi connectivity index (χ1v) is 5.05. The molecule has 0 bridgehead atoms. The highest BCUT2D eigenvalue weighted by Gasteiger charge is 2.02. The van der Waals surface area contributed by atoms with Gasteiger partial charge in [-0.1, -0.05) is 17.7 Å². The minimum atomic E-state index is 0.425. The topological polar surface area (TPSA) is 22.4 Å². The first-order chi connectivity index (χ1) is 7.25. The maximum absolute atomic E-state index is 5.87. The normalized spacial score (nSPS) is 10.3. The fraction of sp³-hybridized carbons (Fsp3) is 0.167. The number of hydrogen-bond acceptors (Lipinski definition) is 2. The molecule has 1 aromatic carbocycles. The molecule has 0 saturated carbocycles. The second-order valence-corrected chi connectivity index (χ2v) is 3.71. The standard InChI is InChI=1S/C12H11ClO2/c1-9-4-5-10(13)7-12(9)15-8-11-3-2-6-14-11/h2-7H,8H2,1H3. The summed E-state index contributed by atoms with van der Waals surface area (Å²) in [5.41, 5.74) is 1.06. The quantitative estimate of drug-likeness (QED) is 0.788. The largest absolute Gasteiger partial charge is 0.485 e. The van der Waals surface area contributed by atoms with Crippen molar-refractivity contribution in [2.24, 2.45) is 0 Å². The van der Waals surface area contributed by atoms with Gasteiger partial charge in [-0.3, -0.25) is 0 Å². The molecule has 0 amide bonds. The minimum Gasteiger partial charge on any atom is -0.485 e. The summed E-state index contributed by atoms with van der Waals surface area (Å²) in [7, 11) is 0. The van der Waals surface area contributed by atoms with E-state index in [1.54, 1.807) is 12.3 Å². The molecular formula is C12H11ClO2. The molecule has 1 aromatic heterocycles. The van der Waals surface area contributed by atoms with Crippen molar-refractivity contribution in [3.63, 3.8) is 0 Å². The van der Waals surface area contributed by atoms with Crippen LogP contribution in [0, 0.1) is 6.92 Å². The van der Waals surface area contributed by atoms with Gasteiger partial charge in [-0.25, -0.2) is 0 Å². The van der Waals surface area contributed by atoms with Crippen LogP contribution in [0.3, 0.4) is 0 Å². The fourth-order valence-corrected chi connectivity index (χ4v) is 1.44. The third-order valence-corrected chi connectivity index (χ3v) is 2.34. The van der Waals surface area contributed by atoms with Crippen LogP contribution in [0.25, 0.3) is 0 Å². The van der Waals surface area contributed by atoms with Crippen molar-refractivity contribution in [2.75, 3.05) is 0 Å². The van der Waals surface area contributed by atoms with Gasteiger partial charge in [-0.05, 0) is 36.8 Å². The summed E-state index contributed by atoms with van der Waals surface area (Å²) in [5.74, 6) is 1.59. The van der Waals surface area contributed by atoms with Gasteiger partial charge in [-0.15, -0.1) is 0 Å². The molecule has 0 N–H and O–H groups in total. The van der Waals surface area contributed by atoms with Gasteiger partial charge in [0.05, 0.1) is 6.26 Å². The maximum atomic E-state index is 5.87. The molecule has 0 saturated heterocycles. The van der Waals surface area contributed by atoms with Gasteiger partial charge in [0.15, 0.2) is 0 Å². The highest BCUT2D eigenvalue weighted by atomic mass is 35.5. The van der Waals surface area contributed by atoms with E-state index >= 15 is 0 Å². The van der Waals surface area contributed by atoms with Crippen molar-refractivity contribution in [3.05, 3.63) is 52.9 Å². The van der Waals surface area contributed by atoms with Gasteiger partial charge in [0.25, 0.3) is 0 Å². The van der Waals surface area contributed by atoms with Gasteiger partial charge in [0.2, 0.25) is 0 Å². The van der Waals surface area contributed by atoms with E-state index in [0.717, 1.165) is 17.1 Å². The lowest BCUT2D eigenvalue weighted by molar-refractivity contribution is 0.268. The Labute approximate surface area is 93.4 Å². The van der Waals surface area contributed by atoms with Gasteiger partial charge >= 0.3 is 0 Å². The number of ether oxygens (including phenoxy) is 1. The van der Waals surface area contributed by atoms with Gasteiger partial charge in [0, 0.05) is 5.02 Å². The summed E-state index contributed by atoms with van der Waals surface area (Å²) >= 11 is 5.87. The number of rotatable bonds is 3. The Kier molecular flexibility index (Phi) is 2.97. The number of hydrogen-bond donors (Lipinski definition) is 0. The van der Waals surface area contributed by atoms with Crippen molar-refractivity contribution in [3.8, 4) is 5.75 Å². The van der Waals surface area contributed by atoms with E-state index in [2.05, 4.69) is 0 Å². The Balaban J connectivity index is 2.07. The lowest BCUT2D eigenvalue weighted by atomic mass is 10.2. The van der Waals surface area contributed by atoms with E-state index < -0.39 is 0 Å². The van der Waals surface area contributed by atoms with Crippen LogP contribution in [0.4, 0.5) is 0 Å². The Morgan fingerprint density at radius 3 is 2.93 bits per heavy atom. The SMILES string of the molecule is Cc1ccc(Cl)cc1OCc1ccco1. The van der Waals surface area contributed by atoms with Gasteiger partial charge < -0.3 is 9.15 Å². The summed E-state index contributed by atoms with van der Waals surface area (Å²) in [6, 6.07) is 9.29. The van der Waals surface area contributed by atoms with Crippen molar-refractivity contribution in [1.82, 2.24) is 0 Å². The average Bonchev–Trinajstić information content (AvgIpc) is 2.72. The Morgan fingerprint density at radius 2 is 2.20 bits per heavy atom. The smallest absolute Gasteiger partial charge is 0.146 e. The number of furan rings is 1. The monoisotopic (exact) mass is 222 g/mol. The number of halogens is 1. The third-order valence-electron chi connectivity index (χ3n) is 2.10. The molecular weight excluding hydrogens is 212 g/mol. The molecule has 1 heterocycles. The molecule has 0 fully saturated rings. The van der Waals surface area contributed by atoms with Crippen LogP contribution in [0.2, 0.25) is 5.02 Å². The first kappa shape index (κ1) is 10.1. The van der Waals surface area contributed by atoms with Crippen molar-refractivity contribution < 1.29 is 9.15 Å². The molecule has 2 nitrogen and oxygen atoms in total. The van der Waals surface area contributed by atoms with Crippen molar-refractivity contribution in [1.29, 1.82) is 0 Å². The van der Waals surface area contributed by atoms with Crippen LogP contribution in [0.15, 0.2) is 41.0 Å². The summed E-state index contributed by atoms with van der Waals surface area (Å²) in [6.45, 7) is 2.40. The molecule has 2 rings (SSSR count). The molecule has 2 aromatic rings. The second kappa shape index (κ2) is 4.41. The molecule has 0 aliphatic heterocycles. The Bertz CT molecular complexity index is 435. The zero-order valence-corrected chi connectivity index (χ0v) is 9.12. The zero-order valence-electron chi connectivity index (χ0n) is 8.37. The van der Waals surface area contributed by atoms with Gasteiger partial charge in [-0.2, -0.15) is 0 Å². The van der Waals surface area contributed by atoms with Crippen LogP contribution in [-0.4, -0.2) is 0 Å². The van der Waals surface area contributed by atoms with Crippen LogP contribution >= 0.6 is 11.6 Å². The molecule has 15 heavy (non-hydrogen) atoms. The Hall–Kier alpha value is -1.41. The molecule has 3 heteroatoms. The number of benzene rings is 1. The molecule has 0 aliphatic carbocycles. The highest BCUT2D eigenvalue weighted by Crippen LogP contribution is 2.23. The maximum Gasteiger partial charge on any atom is 0.146 e. The summed E-state index contributed by atoms with van der Waals surface area (Å²) in [5, 5.41) is 0.676. The van der Waals surface area contributed by atoms with E-state index in [1.165, 1.54) is 0 Å². The fourth-order valence-electron chi connectivity index (χ4n) is 1.27. The first-order valence-electron chi connectivity index (χ1n) is 4.67. The lowest BCUT2D eigenvalue weighted by Crippen LogP contribution is -1.95. The molecule has 0 atom stereocenters. The zero-order chi connectivity index (χ0) is 10.7. The van der Waals surface area contributed by atoms with E-state index in [-0.39, 0.29) is 0 Å². The van der Waals surface area contributed by atoms with E-state index in [0.29, 0.717) is 11.6 Å². The van der Waals surface area contributed by atoms with Crippen LogP contribution in [0.1, 0.15) is 11.3 Å². The second-order valence-electron chi connectivity index (χ2n) is 3.28. The molecule has 0 radical (unpaired) electrons.